The zero-order valence-corrected chi connectivity index (χ0v) is 23.7. The van der Waals surface area contributed by atoms with Gasteiger partial charge in [0, 0.05) is 26.2 Å². The molecule has 2 N–H and O–H groups in total. The maximum Gasteiger partial charge on any atom is 0.232 e. The van der Waals surface area contributed by atoms with Gasteiger partial charge in [-0.05, 0) is 89.3 Å². The van der Waals surface area contributed by atoms with Crippen LogP contribution in [0.2, 0.25) is 5.02 Å². The SMILES string of the molecule is O=S(O)NCc1ccc2c(c1)CCCC(c1cccc(F)c1Cl)=C2c1ccc(O[C@H]2CCN(CCCF)C2)cc1. The van der Waals surface area contributed by atoms with Gasteiger partial charge in [-0.25, -0.2) is 13.3 Å². The number of nitrogens with one attached hydrogen (secondary N) is 1. The second-order valence-electron chi connectivity index (χ2n) is 10.3. The van der Waals surface area contributed by atoms with E-state index >= 15 is 0 Å². The number of allylic oxidation sites excluding steroid dienone is 1. The fraction of sp³-hybridized carbons (Fsp3) is 0.355. The topological polar surface area (TPSA) is 61.8 Å². The summed E-state index contributed by atoms with van der Waals surface area (Å²) in [6.45, 7) is 2.44. The molecule has 40 heavy (non-hydrogen) atoms. The molecular weight excluding hydrogens is 554 g/mol. The molecule has 5 nitrogen and oxygen atoms in total. The van der Waals surface area contributed by atoms with Gasteiger partial charge < -0.3 is 4.74 Å². The Morgan fingerprint density at radius 1 is 1.10 bits per heavy atom. The van der Waals surface area contributed by atoms with Crippen LogP contribution in [0, 0.1) is 5.82 Å². The first-order valence-electron chi connectivity index (χ1n) is 13.6. The molecule has 2 aliphatic rings. The number of halogens is 3. The monoisotopic (exact) mass is 586 g/mol. The van der Waals surface area contributed by atoms with Crippen LogP contribution < -0.4 is 9.46 Å². The third-order valence-electron chi connectivity index (χ3n) is 7.57. The molecule has 9 heteroatoms. The molecule has 212 valence electrons. The highest BCUT2D eigenvalue weighted by Gasteiger charge is 2.25. The van der Waals surface area contributed by atoms with E-state index in [1.54, 1.807) is 6.07 Å². The van der Waals surface area contributed by atoms with E-state index in [2.05, 4.69) is 15.7 Å². The summed E-state index contributed by atoms with van der Waals surface area (Å²) in [5, 5.41) is 0.114. The summed E-state index contributed by atoms with van der Waals surface area (Å²) in [5.74, 6) is 0.328. The lowest BCUT2D eigenvalue weighted by Crippen LogP contribution is -2.26. The van der Waals surface area contributed by atoms with Gasteiger partial charge >= 0.3 is 0 Å². The molecule has 0 aromatic heterocycles. The van der Waals surface area contributed by atoms with Crippen LogP contribution in [0.1, 0.15) is 53.5 Å². The Kier molecular flexibility index (Phi) is 9.65. The number of aryl methyl sites for hydroxylation is 1. The second-order valence-corrected chi connectivity index (χ2v) is 11.4. The minimum atomic E-state index is -2.09. The lowest BCUT2D eigenvalue weighted by atomic mass is 9.87. The van der Waals surface area contributed by atoms with E-state index in [0.29, 0.717) is 12.0 Å². The molecule has 1 aliphatic heterocycles. The van der Waals surface area contributed by atoms with E-state index in [0.717, 1.165) is 84.5 Å². The highest BCUT2D eigenvalue weighted by Crippen LogP contribution is 2.42. The third kappa shape index (κ3) is 6.81. The Balaban J connectivity index is 1.49. The van der Waals surface area contributed by atoms with Crippen LogP contribution in [0.3, 0.4) is 0 Å². The van der Waals surface area contributed by atoms with Crippen molar-refractivity contribution in [2.75, 3.05) is 26.3 Å². The number of benzene rings is 3. The normalized spacial score (nSPS) is 18.4. The molecule has 0 bridgehead atoms. The molecular formula is C31H33ClF2N2O3S. The Hall–Kier alpha value is -2.62. The van der Waals surface area contributed by atoms with E-state index in [1.165, 1.54) is 6.07 Å². The first kappa shape index (κ1) is 28.9. The number of fused-ring (bicyclic) bond motifs is 1. The van der Waals surface area contributed by atoms with Crippen LogP contribution in [-0.4, -0.2) is 46.1 Å². The van der Waals surface area contributed by atoms with Crippen molar-refractivity contribution in [3.63, 3.8) is 0 Å². The van der Waals surface area contributed by atoms with Gasteiger partial charge in [-0.1, -0.05) is 54.1 Å². The first-order chi connectivity index (χ1) is 19.4. The minimum Gasteiger partial charge on any atom is -0.489 e. The summed E-state index contributed by atoms with van der Waals surface area (Å²) >= 11 is 4.41. The molecule has 1 fully saturated rings. The Bertz CT molecular complexity index is 1400. The predicted molar refractivity (Wildman–Crippen MR) is 157 cm³/mol. The average Bonchev–Trinajstić information content (AvgIpc) is 3.31. The van der Waals surface area contributed by atoms with Crippen molar-refractivity contribution in [1.29, 1.82) is 0 Å². The standard InChI is InChI=1S/C31H33ClF2N2O3S/c32-31-28(6-2-7-29(31)34)27-5-1-4-23-18-21(19-35-40(37)38)8-13-26(23)30(27)22-9-11-24(12-10-22)39-25-14-17-36(20-25)16-3-15-33/h2,6-13,18,25,35H,1,3-5,14-17,19-20H2,(H,37,38)/t25-/m0/s1. The molecule has 3 aromatic carbocycles. The predicted octanol–water partition coefficient (Wildman–Crippen LogP) is 6.81. The first-order valence-corrected chi connectivity index (χ1v) is 15.1. The average molecular weight is 587 g/mol. The van der Waals surface area contributed by atoms with Crippen LogP contribution in [-0.2, 0) is 24.2 Å². The number of alkyl halides is 1. The van der Waals surface area contributed by atoms with Gasteiger partial charge in [-0.3, -0.25) is 13.8 Å². The molecule has 1 aliphatic carbocycles. The Morgan fingerprint density at radius 3 is 2.70 bits per heavy atom. The summed E-state index contributed by atoms with van der Waals surface area (Å²) in [6.07, 6.45) is 3.92. The number of rotatable bonds is 10. The molecule has 0 amide bonds. The number of hydrogen-bond donors (Lipinski definition) is 2. The summed E-state index contributed by atoms with van der Waals surface area (Å²) in [7, 11) is 0. The summed E-state index contributed by atoms with van der Waals surface area (Å²) in [6, 6.07) is 19.0. The summed E-state index contributed by atoms with van der Waals surface area (Å²) in [4.78, 5) is 2.24. The van der Waals surface area contributed by atoms with Crippen molar-refractivity contribution >= 4 is 34.0 Å². The van der Waals surface area contributed by atoms with E-state index in [4.69, 9.17) is 20.9 Å². The van der Waals surface area contributed by atoms with E-state index < -0.39 is 17.1 Å². The third-order valence-corrected chi connectivity index (χ3v) is 8.35. The molecule has 1 saturated heterocycles. The van der Waals surface area contributed by atoms with Crippen molar-refractivity contribution in [2.45, 2.75) is 44.8 Å². The maximum atomic E-state index is 14.6. The lowest BCUT2D eigenvalue weighted by molar-refractivity contribution is 0.198. The number of ether oxygens (including phenoxy) is 1. The number of nitrogens with zero attached hydrogens (tertiary/aromatic N) is 1. The van der Waals surface area contributed by atoms with Gasteiger partial charge in [0.1, 0.15) is 17.7 Å². The molecule has 0 spiro atoms. The van der Waals surface area contributed by atoms with E-state index in [1.807, 2.05) is 42.5 Å². The second kappa shape index (κ2) is 13.4. The summed E-state index contributed by atoms with van der Waals surface area (Å²) < 4.78 is 56.2. The highest BCUT2D eigenvalue weighted by molar-refractivity contribution is 7.77. The molecule has 0 radical (unpaired) electrons. The molecule has 2 atom stereocenters. The quantitative estimate of drug-likeness (QED) is 0.256. The molecule has 3 aromatic rings. The molecule has 5 rings (SSSR count). The van der Waals surface area contributed by atoms with Crippen LogP contribution >= 0.6 is 11.6 Å². The summed E-state index contributed by atoms with van der Waals surface area (Å²) in [5.41, 5.74) is 6.71. The minimum absolute atomic E-state index is 0.0743. The van der Waals surface area contributed by atoms with Crippen molar-refractivity contribution in [3.8, 4) is 5.75 Å². The molecule has 1 heterocycles. The van der Waals surface area contributed by atoms with Crippen molar-refractivity contribution in [3.05, 3.63) is 99.3 Å². The number of likely N-dealkylation sites (tertiary alicyclic amines) is 1. The van der Waals surface area contributed by atoms with Gasteiger partial charge in [-0.15, -0.1) is 0 Å². The lowest BCUT2D eigenvalue weighted by Gasteiger charge is -2.19. The van der Waals surface area contributed by atoms with Gasteiger partial charge in [0.2, 0.25) is 11.3 Å². The maximum absolute atomic E-state index is 14.6. The van der Waals surface area contributed by atoms with Crippen molar-refractivity contribution in [1.82, 2.24) is 9.62 Å². The zero-order chi connectivity index (χ0) is 28.1. The fourth-order valence-corrected chi connectivity index (χ4v) is 6.23. The van der Waals surface area contributed by atoms with Crippen LogP contribution in [0.5, 0.6) is 5.75 Å². The van der Waals surface area contributed by atoms with Gasteiger partial charge in [0.05, 0.1) is 11.7 Å². The van der Waals surface area contributed by atoms with E-state index in [-0.39, 0.29) is 24.3 Å². The smallest absolute Gasteiger partial charge is 0.232 e. The van der Waals surface area contributed by atoms with Gasteiger partial charge in [-0.2, -0.15) is 0 Å². The van der Waals surface area contributed by atoms with E-state index in [9.17, 15) is 13.0 Å². The van der Waals surface area contributed by atoms with Crippen LogP contribution in [0.15, 0.2) is 60.7 Å². The van der Waals surface area contributed by atoms with Crippen molar-refractivity contribution < 1.29 is 22.3 Å². The molecule has 1 unspecified atom stereocenters. The molecule has 0 saturated carbocycles. The fourth-order valence-electron chi connectivity index (χ4n) is 5.70. The van der Waals surface area contributed by atoms with Crippen molar-refractivity contribution in [2.24, 2.45) is 0 Å². The Labute approximate surface area is 241 Å². The number of hydrogen-bond acceptors (Lipinski definition) is 3. The zero-order valence-electron chi connectivity index (χ0n) is 22.2. The largest absolute Gasteiger partial charge is 0.489 e. The van der Waals surface area contributed by atoms with Gasteiger partial charge in [0.25, 0.3) is 0 Å². The van der Waals surface area contributed by atoms with Crippen LogP contribution in [0.4, 0.5) is 8.78 Å². The van der Waals surface area contributed by atoms with Crippen LogP contribution in [0.25, 0.3) is 11.1 Å². The Morgan fingerprint density at radius 2 is 1.93 bits per heavy atom. The van der Waals surface area contributed by atoms with Gasteiger partial charge in [0.15, 0.2) is 0 Å². The highest BCUT2D eigenvalue weighted by atomic mass is 35.5.